The third-order valence-electron chi connectivity index (χ3n) is 3.58. The quantitative estimate of drug-likeness (QED) is 0.629. The molecule has 2 aromatic heterocycles. The molecule has 0 aliphatic heterocycles. The van der Waals surface area contributed by atoms with Gasteiger partial charge in [-0.25, -0.2) is 4.98 Å². The summed E-state index contributed by atoms with van der Waals surface area (Å²) < 4.78 is 0. The SMILES string of the molecule is Cc1sc(NC(=O)CCNC(=O)c2ccsc2)nc1-c1ccc(Cl)cc1. The van der Waals surface area contributed by atoms with Crippen LogP contribution in [-0.4, -0.2) is 23.3 Å². The second-order valence-corrected chi connectivity index (χ2v) is 7.92. The summed E-state index contributed by atoms with van der Waals surface area (Å²) in [6.07, 6.45) is 0.185. The van der Waals surface area contributed by atoms with Gasteiger partial charge in [0.15, 0.2) is 5.13 Å². The molecule has 8 heteroatoms. The maximum atomic E-state index is 12.1. The first-order valence-electron chi connectivity index (χ1n) is 7.86. The van der Waals surface area contributed by atoms with Gasteiger partial charge in [0.05, 0.1) is 5.69 Å². The van der Waals surface area contributed by atoms with Crippen molar-refractivity contribution in [2.75, 3.05) is 11.9 Å². The predicted molar refractivity (Wildman–Crippen MR) is 107 cm³/mol. The molecule has 2 heterocycles. The summed E-state index contributed by atoms with van der Waals surface area (Å²) in [5.74, 6) is -0.360. The first-order valence-corrected chi connectivity index (χ1v) is 10.0. The van der Waals surface area contributed by atoms with Gasteiger partial charge in [-0.15, -0.1) is 11.3 Å². The molecule has 3 aromatic rings. The Labute approximate surface area is 164 Å². The summed E-state index contributed by atoms with van der Waals surface area (Å²) >= 11 is 8.79. The van der Waals surface area contributed by atoms with Crippen molar-refractivity contribution in [1.82, 2.24) is 10.3 Å². The number of aromatic nitrogens is 1. The van der Waals surface area contributed by atoms with Crippen molar-refractivity contribution in [2.24, 2.45) is 0 Å². The number of rotatable bonds is 6. The molecule has 0 fully saturated rings. The van der Waals surface area contributed by atoms with E-state index in [1.54, 1.807) is 11.4 Å². The van der Waals surface area contributed by atoms with Crippen LogP contribution in [0, 0.1) is 6.92 Å². The normalized spacial score (nSPS) is 10.5. The van der Waals surface area contributed by atoms with E-state index in [1.807, 2.05) is 36.6 Å². The fourth-order valence-corrected chi connectivity index (χ4v) is 3.91. The number of carbonyl (C=O) groups is 2. The van der Waals surface area contributed by atoms with Crippen LogP contribution in [0.5, 0.6) is 0 Å². The van der Waals surface area contributed by atoms with E-state index < -0.39 is 0 Å². The molecule has 0 saturated carbocycles. The average Bonchev–Trinajstić information content (AvgIpc) is 3.25. The third-order valence-corrected chi connectivity index (χ3v) is 5.40. The monoisotopic (exact) mass is 405 g/mol. The molecule has 0 saturated heterocycles. The molecule has 134 valence electrons. The zero-order valence-corrected chi connectivity index (χ0v) is 16.3. The van der Waals surface area contributed by atoms with E-state index in [1.165, 1.54) is 22.7 Å². The molecule has 0 radical (unpaired) electrons. The molecule has 0 aliphatic carbocycles. The number of hydrogen-bond donors (Lipinski definition) is 2. The number of nitrogens with one attached hydrogen (secondary N) is 2. The number of carbonyl (C=O) groups excluding carboxylic acids is 2. The average molecular weight is 406 g/mol. The standard InChI is InChI=1S/C18H16ClN3O2S2/c1-11-16(12-2-4-14(19)5-3-12)22-18(26-11)21-15(23)6-8-20-17(24)13-7-9-25-10-13/h2-5,7,9-10H,6,8H2,1H3,(H,20,24)(H,21,22,23). The Hall–Kier alpha value is -2.22. The first-order chi connectivity index (χ1) is 12.5. The van der Waals surface area contributed by atoms with Crippen LogP contribution in [0.25, 0.3) is 11.3 Å². The molecule has 0 atom stereocenters. The van der Waals surface area contributed by atoms with Crippen LogP contribution >= 0.6 is 34.3 Å². The van der Waals surface area contributed by atoms with Crippen molar-refractivity contribution < 1.29 is 9.59 Å². The van der Waals surface area contributed by atoms with Crippen molar-refractivity contribution >= 4 is 51.2 Å². The van der Waals surface area contributed by atoms with Crippen molar-refractivity contribution in [3.63, 3.8) is 0 Å². The minimum Gasteiger partial charge on any atom is -0.351 e. The number of thiophene rings is 1. The molecule has 2 amide bonds. The highest BCUT2D eigenvalue weighted by Crippen LogP contribution is 2.31. The molecule has 0 aliphatic rings. The lowest BCUT2D eigenvalue weighted by molar-refractivity contribution is -0.116. The molecule has 0 unspecified atom stereocenters. The number of hydrogen-bond acceptors (Lipinski definition) is 5. The molecule has 2 N–H and O–H groups in total. The Kier molecular flexibility index (Phi) is 6.03. The van der Waals surface area contributed by atoms with Gasteiger partial charge >= 0.3 is 0 Å². The van der Waals surface area contributed by atoms with Gasteiger partial charge in [-0.1, -0.05) is 23.7 Å². The zero-order valence-electron chi connectivity index (χ0n) is 13.9. The van der Waals surface area contributed by atoms with Crippen molar-refractivity contribution in [1.29, 1.82) is 0 Å². The van der Waals surface area contributed by atoms with Gasteiger partial charge in [0, 0.05) is 39.4 Å². The van der Waals surface area contributed by atoms with Gasteiger partial charge in [0.1, 0.15) is 0 Å². The third kappa shape index (κ3) is 4.69. The van der Waals surface area contributed by atoms with Crippen LogP contribution in [0.15, 0.2) is 41.1 Å². The zero-order chi connectivity index (χ0) is 18.5. The smallest absolute Gasteiger partial charge is 0.252 e. The van der Waals surface area contributed by atoms with E-state index in [9.17, 15) is 9.59 Å². The van der Waals surface area contributed by atoms with E-state index in [4.69, 9.17) is 11.6 Å². The number of halogens is 1. The van der Waals surface area contributed by atoms with Gasteiger partial charge < -0.3 is 10.6 Å². The number of benzene rings is 1. The van der Waals surface area contributed by atoms with Crippen molar-refractivity contribution in [2.45, 2.75) is 13.3 Å². The van der Waals surface area contributed by atoms with E-state index in [0.29, 0.717) is 15.7 Å². The Bertz CT molecular complexity index is 905. The summed E-state index contributed by atoms with van der Waals surface area (Å²) in [5, 5.41) is 10.3. The molecule has 0 spiro atoms. The van der Waals surface area contributed by atoms with Crippen molar-refractivity contribution in [3.05, 3.63) is 56.6 Å². The van der Waals surface area contributed by atoms with E-state index >= 15 is 0 Å². The van der Waals surface area contributed by atoms with E-state index in [0.717, 1.165) is 16.1 Å². The summed E-state index contributed by atoms with van der Waals surface area (Å²) in [5.41, 5.74) is 2.39. The number of aryl methyl sites for hydroxylation is 1. The van der Waals surface area contributed by atoms with Crippen molar-refractivity contribution in [3.8, 4) is 11.3 Å². The van der Waals surface area contributed by atoms with Crippen LogP contribution in [0.1, 0.15) is 21.7 Å². The minimum atomic E-state index is -0.188. The second kappa shape index (κ2) is 8.44. The highest BCUT2D eigenvalue weighted by atomic mass is 35.5. The molecular formula is C18H16ClN3O2S2. The van der Waals surface area contributed by atoms with Gasteiger partial charge in [0.25, 0.3) is 5.91 Å². The molecule has 26 heavy (non-hydrogen) atoms. The summed E-state index contributed by atoms with van der Waals surface area (Å²) in [4.78, 5) is 29.4. The van der Waals surface area contributed by atoms with Crippen LogP contribution in [0.2, 0.25) is 5.02 Å². The van der Waals surface area contributed by atoms with E-state index in [2.05, 4.69) is 15.6 Å². The highest BCUT2D eigenvalue weighted by molar-refractivity contribution is 7.16. The maximum Gasteiger partial charge on any atom is 0.252 e. The maximum absolute atomic E-state index is 12.1. The Morgan fingerprint density at radius 2 is 1.96 bits per heavy atom. The van der Waals surface area contributed by atoms with Crippen LogP contribution in [0.3, 0.4) is 0 Å². The number of nitrogens with zero attached hydrogens (tertiary/aromatic N) is 1. The highest BCUT2D eigenvalue weighted by Gasteiger charge is 2.12. The lowest BCUT2D eigenvalue weighted by Gasteiger charge is -2.04. The Morgan fingerprint density at radius 1 is 1.19 bits per heavy atom. The molecule has 0 bridgehead atoms. The van der Waals surface area contributed by atoms with Gasteiger partial charge in [-0.05, 0) is 30.5 Å². The molecule has 3 rings (SSSR count). The number of thiazole rings is 1. The second-order valence-electron chi connectivity index (χ2n) is 5.50. The van der Waals surface area contributed by atoms with Gasteiger partial charge in [-0.3, -0.25) is 9.59 Å². The number of amides is 2. The lowest BCUT2D eigenvalue weighted by Crippen LogP contribution is -2.27. The first kappa shape index (κ1) is 18.6. The topological polar surface area (TPSA) is 71.1 Å². The molecule has 5 nitrogen and oxygen atoms in total. The summed E-state index contributed by atoms with van der Waals surface area (Å²) in [7, 11) is 0. The summed E-state index contributed by atoms with van der Waals surface area (Å²) in [6.45, 7) is 2.23. The number of anilines is 1. The molecule has 1 aromatic carbocycles. The lowest BCUT2D eigenvalue weighted by atomic mass is 10.1. The fourth-order valence-electron chi connectivity index (χ4n) is 2.29. The van der Waals surface area contributed by atoms with Gasteiger partial charge in [-0.2, -0.15) is 11.3 Å². The minimum absolute atomic E-state index is 0.172. The fraction of sp³-hybridized carbons (Fsp3) is 0.167. The largest absolute Gasteiger partial charge is 0.351 e. The Morgan fingerprint density at radius 3 is 2.65 bits per heavy atom. The summed E-state index contributed by atoms with van der Waals surface area (Å²) in [6, 6.07) is 9.16. The van der Waals surface area contributed by atoms with Crippen LogP contribution < -0.4 is 10.6 Å². The van der Waals surface area contributed by atoms with Gasteiger partial charge in [0.2, 0.25) is 5.91 Å². The van der Waals surface area contributed by atoms with Crippen LogP contribution in [-0.2, 0) is 4.79 Å². The van der Waals surface area contributed by atoms with E-state index in [-0.39, 0.29) is 24.8 Å². The predicted octanol–water partition coefficient (Wildman–Crippen LogP) is 4.59. The van der Waals surface area contributed by atoms with Crippen LogP contribution in [0.4, 0.5) is 5.13 Å². The Balaban J connectivity index is 1.54. The molecular weight excluding hydrogens is 390 g/mol.